The van der Waals surface area contributed by atoms with Gasteiger partial charge in [-0.1, -0.05) is 54.6 Å². The van der Waals surface area contributed by atoms with E-state index in [9.17, 15) is 29.4 Å². The third-order valence-corrected chi connectivity index (χ3v) is 4.59. The predicted octanol–water partition coefficient (Wildman–Crippen LogP) is 1.60. The molecule has 174 valence electrons. The molecular formula is C24H26N2O7. The van der Waals surface area contributed by atoms with Crippen molar-refractivity contribution in [3.63, 3.8) is 0 Å². The number of nitrogens with one attached hydrogen (secondary N) is 2. The fourth-order valence-corrected chi connectivity index (χ4v) is 2.94. The number of carboxylic acid groups (broad SMARTS) is 1. The van der Waals surface area contributed by atoms with Crippen molar-refractivity contribution in [1.29, 1.82) is 0 Å². The van der Waals surface area contributed by atoms with E-state index in [1.54, 1.807) is 67.6 Å². The van der Waals surface area contributed by atoms with E-state index in [4.69, 9.17) is 4.74 Å². The summed E-state index contributed by atoms with van der Waals surface area (Å²) in [7, 11) is 0. The molecule has 0 unspecified atom stereocenters. The first-order valence-corrected chi connectivity index (χ1v) is 10.3. The number of hydrogen-bond acceptors (Lipinski definition) is 6. The van der Waals surface area contributed by atoms with Crippen molar-refractivity contribution >= 4 is 23.8 Å². The molecule has 0 radical (unpaired) electrons. The Bertz CT molecular complexity index is 977. The second kappa shape index (κ2) is 12.8. The summed E-state index contributed by atoms with van der Waals surface area (Å²) >= 11 is 0. The molecule has 2 rings (SSSR count). The summed E-state index contributed by atoms with van der Waals surface area (Å²) in [5.74, 6) is -3.49. The first kappa shape index (κ1) is 25.3. The van der Waals surface area contributed by atoms with E-state index in [-0.39, 0.29) is 13.0 Å². The molecule has 0 saturated heterocycles. The summed E-state index contributed by atoms with van der Waals surface area (Å²) in [5, 5.41) is 25.0. The number of aliphatic hydroxyl groups is 1. The van der Waals surface area contributed by atoms with Gasteiger partial charge in [-0.25, -0.2) is 9.59 Å². The number of carbonyl (C=O) groups is 4. The Labute approximate surface area is 191 Å². The fourth-order valence-electron chi connectivity index (χ4n) is 2.94. The number of aliphatic hydroxyl groups excluding tert-OH is 1. The standard InChI is InChI=1S/C24H26N2O7/c1-2-33-19(27)15-9-14-18(24(31)32)25-23(30)21(28)20(16-10-5-3-6-11-16)26-22(29)17-12-7-4-8-13-17/h3-13,15,18,20-21,28H,2,14H2,1H3,(H,25,30)(H,26,29)(H,31,32)/b15-9+/t18-,20-,21+/m0/s1. The Morgan fingerprint density at radius 2 is 1.58 bits per heavy atom. The molecule has 0 aliphatic carbocycles. The Kier molecular flexibility index (Phi) is 9.79. The average Bonchev–Trinajstić information content (AvgIpc) is 2.82. The molecule has 0 aliphatic heterocycles. The van der Waals surface area contributed by atoms with E-state index >= 15 is 0 Å². The van der Waals surface area contributed by atoms with E-state index < -0.39 is 41.9 Å². The summed E-state index contributed by atoms with van der Waals surface area (Å²) in [6, 6.07) is 14.1. The Balaban J connectivity index is 2.15. The lowest BCUT2D eigenvalue weighted by Crippen LogP contribution is -2.50. The van der Waals surface area contributed by atoms with Crippen molar-refractivity contribution in [2.45, 2.75) is 31.5 Å². The second-order valence-corrected chi connectivity index (χ2v) is 6.96. The zero-order valence-corrected chi connectivity index (χ0v) is 18.0. The number of carboxylic acids is 1. The summed E-state index contributed by atoms with van der Waals surface area (Å²) in [6.07, 6.45) is 0.333. The lowest BCUT2D eigenvalue weighted by atomic mass is 9.99. The molecular weight excluding hydrogens is 428 g/mol. The maximum absolute atomic E-state index is 12.7. The molecule has 0 bridgehead atoms. The first-order chi connectivity index (χ1) is 15.8. The molecule has 2 aromatic rings. The number of esters is 1. The van der Waals surface area contributed by atoms with Crippen LogP contribution in [0.1, 0.15) is 35.3 Å². The molecule has 33 heavy (non-hydrogen) atoms. The second-order valence-electron chi connectivity index (χ2n) is 6.96. The van der Waals surface area contributed by atoms with Gasteiger partial charge in [-0.05, 0) is 31.0 Å². The molecule has 0 fully saturated rings. The summed E-state index contributed by atoms with van der Waals surface area (Å²) < 4.78 is 4.72. The molecule has 3 atom stereocenters. The quantitative estimate of drug-likeness (QED) is 0.298. The highest BCUT2D eigenvalue weighted by atomic mass is 16.5. The van der Waals surface area contributed by atoms with Crippen molar-refractivity contribution in [1.82, 2.24) is 10.6 Å². The van der Waals surface area contributed by atoms with Gasteiger partial charge >= 0.3 is 11.9 Å². The first-order valence-electron chi connectivity index (χ1n) is 10.3. The average molecular weight is 454 g/mol. The van der Waals surface area contributed by atoms with Gasteiger partial charge in [0.1, 0.15) is 6.04 Å². The van der Waals surface area contributed by atoms with Crippen molar-refractivity contribution in [3.8, 4) is 0 Å². The number of hydrogen-bond donors (Lipinski definition) is 4. The predicted molar refractivity (Wildman–Crippen MR) is 119 cm³/mol. The lowest BCUT2D eigenvalue weighted by Gasteiger charge is -2.25. The molecule has 0 heterocycles. The van der Waals surface area contributed by atoms with Crippen LogP contribution in [0.3, 0.4) is 0 Å². The minimum absolute atomic E-state index is 0.171. The Morgan fingerprint density at radius 1 is 0.970 bits per heavy atom. The largest absolute Gasteiger partial charge is 0.480 e. The zero-order valence-electron chi connectivity index (χ0n) is 18.0. The third-order valence-electron chi connectivity index (χ3n) is 4.59. The van der Waals surface area contributed by atoms with Gasteiger partial charge in [0, 0.05) is 11.6 Å². The third kappa shape index (κ3) is 7.89. The molecule has 0 saturated carbocycles. The maximum atomic E-state index is 12.7. The minimum Gasteiger partial charge on any atom is -0.480 e. The Morgan fingerprint density at radius 3 is 2.15 bits per heavy atom. The molecule has 2 aromatic carbocycles. The van der Waals surface area contributed by atoms with Gasteiger partial charge in [-0.15, -0.1) is 0 Å². The van der Waals surface area contributed by atoms with Crippen LogP contribution in [0, 0.1) is 0 Å². The van der Waals surface area contributed by atoms with E-state index in [1.165, 1.54) is 6.08 Å². The summed E-state index contributed by atoms with van der Waals surface area (Å²) in [4.78, 5) is 48.3. The van der Waals surface area contributed by atoms with Crippen LogP contribution in [0.2, 0.25) is 0 Å². The molecule has 9 heteroatoms. The van der Waals surface area contributed by atoms with Crippen LogP contribution in [0.4, 0.5) is 0 Å². The SMILES string of the molecule is CCOC(=O)/C=C/C[C@H](NC(=O)[C@H](O)[C@@H](NC(=O)c1ccccc1)c1ccccc1)C(=O)O. The highest BCUT2D eigenvalue weighted by molar-refractivity contribution is 5.95. The molecule has 4 N–H and O–H groups in total. The molecule has 0 spiro atoms. The number of ether oxygens (including phenoxy) is 1. The highest BCUT2D eigenvalue weighted by Gasteiger charge is 2.31. The van der Waals surface area contributed by atoms with Crippen molar-refractivity contribution < 1.29 is 34.1 Å². The number of carbonyl (C=O) groups excluding carboxylic acids is 3. The van der Waals surface area contributed by atoms with Gasteiger partial charge in [-0.2, -0.15) is 0 Å². The van der Waals surface area contributed by atoms with Crippen LogP contribution in [-0.4, -0.2) is 52.7 Å². The zero-order chi connectivity index (χ0) is 24.2. The number of benzene rings is 2. The highest BCUT2D eigenvalue weighted by Crippen LogP contribution is 2.18. The smallest absolute Gasteiger partial charge is 0.330 e. The topological polar surface area (TPSA) is 142 Å². The van der Waals surface area contributed by atoms with Crippen molar-refractivity contribution in [2.24, 2.45) is 0 Å². The van der Waals surface area contributed by atoms with Crippen molar-refractivity contribution in [2.75, 3.05) is 6.61 Å². The van der Waals surface area contributed by atoms with Crippen LogP contribution in [0.5, 0.6) is 0 Å². The van der Waals surface area contributed by atoms with Gasteiger partial charge in [-0.3, -0.25) is 9.59 Å². The molecule has 0 aromatic heterocycles. The van der Waals surface area contributed by atoms with E-state index in [0.29, 0.717) is 11.1 Å². The number of amides is 2. The minimum atomic E-state index is -1.78. The summed E-state index contributed by atoms with van der Waals surface area (Å²) in [6.45, 7) is 1.80. The van der Waals surface area contributed by atoms with Gasteiger partial charge in [0.25, 0.3) is 11.8 Å². The van der Waals surface area contributed by atoms with Crippen LogP contribution in [0.25, 0.3) is 0 Å². The van der Waals surface area contributed by atoms with E-state index in [2.05, 4.69) is 10.6 Å². The Hall–Kier alpha value is -3.98. The molecule has 0 aliphatic rings. The normalized spacial score (nSPS) is 13.5. The van der Waals surface area contributed by atoms with Crippen LogP contribution in [-0.2, 0) is 19.1 Å². The van der Waals surface area contributed by atoms with Crippen LogP contribution >= 0.6 is 0 Å². The number of rotatable bonds is 11. The van der Waals surface area contributed by atoms with Gasteiger partial charge in [0.15, 0.2) is 6.10 Å². The van der Waals surface area contributed by atoms with Crippen molar-refractivity contribution in [3.05, 3.63) is 83.9 Å². The van der Waals surface area contributed by atoms with E-state index in [1.807, 2.05) is 0 Å². The fraction of sp³-hybridized carbons (Fsp3) is 0.250. The molecule has 2 amide bonds. The van der Waals surface area contributed by atoms with Gasteiger partial charge in [0.05, 0.1) is 12.6 Å². The lowest BCUT2D eigenvalue weighted by molar-refractivity contribution is -0.143. The van der Waals surface area contributed by atoms with E-state index in [0.717, 1.165) is 6.08 Å². The van der Waals surface area contributed by atoms with Gasteiger partial charge in [0.2, 0.25) is 0 Å². The van der Waals surface area contributed by atoms with Gasteiger partial charge < -0.3 is 25.6 Å². The monoisotopic (exact) mass is 454 g/mol. The molecule has 9 nitrogen and oxygen atoms in total. The maximum Gasteiger partial charge on any atom is 0.330 e. The van der Waals surface area contributed by atoms with Crippen LogP contribution < -0.4 is 10.6 Å². The van der Waals surface area contributed by atoms with Crippen LogP contribution in [0.15, 0.2) is 72.8 Å². The summed E-state index contributed by atoms with van der Waals surface area (Å²) in [5.41, 5.74) is 0.789. The number of aliphatic carboxylic acids is 1.